The molecule has 2 heteroatoms. The summed E-state index contributed by atoms with van der Waals surface area (Å²) in [5, 5.41) is 0. The molecule has 2 nitrogen and oxygen atoms in total. The molecule has 4 aliphatic carbocycles. The van der Waals surface area contributed by atoms with Crippen LogP contribution in [0.2, 0.25) is 0 Å². The van der Waals surface area contributed by atoms with Crippen LogP contribution in [-0.4, -0.2) is 12.6 Å². The van der Waals surface area contributed by atoms with Crippen molar-refractivity contribution >= 4 is 6.47 Å². The van der Waals surface area contributed by atoms with E-state index in [1.54, 1.807) is 5.56 Å². The Balaban J connectivity index is 1.37. The molecule has 0 spiro atoms. The highest BCUT2D eigenvalue weighted by atomic mass is 16.5. The minimum atomic E-state index is 0.141. The lowest BCUT2D eigenvalue weighted by Gasteiger charge is -2.56. The van der Waals surface area contributed by atoms with Crippen molar-refractivity contribution in [3.63, 3.8) is 0 Å². The molecule has 0 N–H and O–H groups in total. The third-order valence-corrected chi connectivity index (χ3v) is 14.8. The zero-order valence-electron chi connectivity index (χ0n) is 31.0. The van der Waals surface area contributed by atoms with E-state index in [-0.39, 0.29) is 6.10 Å². The van der Waals surface area contributed by atoms with Gasteiger partial charge in [-0.25, -0.2) is 0 Å². The van der Waals surface area contributed by atoms with Gasteiger partial charge in [0.25, 0.3) is 6.47 Å². The molecule has 1 unspecified atom stereocenters. The zero-order valence-corrected chi connectivity index (χ0v) is 31.0. The lowest BCUT2D eigenvalue weighted by Crippen LogP contribution is -2.46. The Morgan fingerprint density at radius 1 is 0.660 bits per heavy atom. The number of rotatable bonds is 18. The molecule has 266 valence electrons. The second-order valence-corrected chi connectivity index (χ2v) is 17.4. The van der Waals surface area contributed by atoms with E-state index in [0.717, 1.165) is 43.0 Å². The number of hydrogen-bond donors (Lipinski definition) is 0. The summed E-state index contributed by atoms with van der Waals surface area (Å²) >= 11 is 0. The fourth-order valence-electron chi connectivity index (χ4n) is 12.0. The molecule has 4 fully saturated rings. The van der Waals surface area contributed by atoms with Crippen LogP contribution >= 0.6 is 0 Å². The molecule has 0 aromatic heterocycles. The first-order valence-corrected chi connectivity index (χ1v) is 21.3. The Morgan fingerprint density at radius 2 is 1.21 bits per heavy atom. The molecule has 1 aromatic carbocycles. The van der Waals surface area contributed by atoms with Crippen molar-refractivity contribution in [3.8, 4) is 0 Å². The Labute approximate surface area is 291 Å². The Bertz CT molecular complexity index is 970. The summed E-state index contributed by atoms with van der Waals surface area (Å²) in [5.74, 6) is 4.35. The Kier molecular flexibility index (Phi) is 15.1. The highest BCUT2D eigenvalue weighted by Crippen LogP contribution is 2.63. The van der Waals surface area contributed by atoms with Gasteiger partial charge in [0.1, 0.15) is 6.10 Å². The third kappa shape index (κ3) is 9.90. The first-order chi connectivity index (χ1) is 23.1. The topological polar surface area (TPSA) is 26.3 Å². The minimum absolute atomic E-state index is 0.141. The van der Waals surface area contributed by atoms with Crippen molar-refractivity contribution < 1.29 is 9.53 Å². The number of benzene rings is 1. The average molecular weight is 647 g/mol. The van der Waals surface area contributed by atoms with Gasteiger partial charge in [-0.15, -0.1) is 0 Å². The van der Waals surface area contributed by atoms with Crippen LogP contribution < -0.4 is 0 Å². The molecule has 47 heavy (non-hydrogen) atoms. The van der Waals surface area contributed by atoms with Crippen molar-refractivity contribution in [2.45, 2.75) is 206 Å². The highest BCUT2D eigenvalue weighted by Gasteiger charge is 2.52. The van der Waals surface area contributed by atoms with Gasteiger partial charge in [-0.2, -0.15) is 0 Å². The lowest BCUT2D eigenvalue weighted by atomic mass is 9.49. The number of unbranched alkanes of at least 4 members (excludes halogenated alkanes) is 6. The van der Waals surface area contributed by atoms with Crippen LogP contribution in [-0.2, 0) is 9.53 Å². The highest BCUT2D eigenvalue weighted by molar-refractivity contribution is 5.37. The molecule has 5 rings (SSSR count). The van der Waals surface area contributed by atoms with Crippen LogP contribution in [0.25, 0.3) is 0 Å². The van der Waals surface area contributed by atoms with Crippen LogP contribution in [0.3, 0.4) is 0 Å². The van der Waals surface area contributed by atoms with E-state index < -0.39 is 0 Å². The van der Waals surface area contributed by atoms with Gasteiger partial charge >= 0.3 is 0 Å². The summed E-state index contributed by atoms with van der Waals surface area (Å²) in [7, 11) is 0. The maximum atomic E-state index is 11.4. The van der Waals surface area contributed by atoms with E-state index in [2.05, 4.69) is 44.2 Å². The molecule has 0 aliphatic heterocycles. The monoisotopic (exact) mass is 647 g/mol. The molecule has 0 amide bonds. The molecule has 1 atom stereocenters. The first-order valence-electron chi connectivity index (χ1n) is 21.3. The van der Waals surface area contributed by atoms with Gasteiger partial charge in [0.15, 0.2) is 0 Å². The lowest BCUT2D eigenvalue weighted by molar-refractivity contribution is -0.137. The number of carbonyl (C=O) groups excluding carboxylic acids is 1. The maximum Gasteiger partial charge on any atom is 0.293 e. The molecule has 0 heterocycles. The van der Waals surface area contributed by atoms with Crippen molar-refractivity contribution in [3.05, 3.63) is 35.9 Å². The van der Waals surface area contributed by atoms with Crippen LogP contribution in [0.4, 0.5) is 0 Å². The Morgan fingerprint density at radius 3 is 1.74 bits per heavy atom. The zero-order chi connectivity index (χ0) is 32.8. The van der Waals surface area contributed by atoms with Gasteiger partial charge in [-0.1, -0.05) is 153 Å². The predicted molar refractivity (Wildman–Crippen MR) is 200 cm³/mol. The van der Waals surface area contributed by atoms with Gasteiger partial charge in [-0.3, -0.25) is 4.79 Å². The van der Waals surface area contributed by atoms with Gasteiger partial charge in [-0.05, 0) is 117 Å². The second kappa shape index (κ2) is 19.2. The standard InChI is InChI=1S/C45H74O2/c1-3-5-7-11-17-37-21-25-40(26-22-37)44(33-29-42(30-34-44)47-36-46)35-43(39-19-13-9-14-20-39)45(31-15-10-16-32-45)41-27-23-38(24-28-41)18-12-8-6-4-2/h9,13-14,19-20,36-38,40-43H,3-8,10-12,15-18,21-35H2,1-2H3/t37-,38-,40-,41-,42?,43?,44?. The van der Waals surface area contributed by atoms with Crippen LogP contribution in [0.15, 0.2) is 30.3 Å². The number of ether oxygens (including phenoxy) is 1. The fraction of sp³-hybridized carbons (Fsp3) is 0.844. The predicted octanol–water partition coefficient (Wildman–Crippen LogP) is 13.8. The van der Waals surface area contributed by atoms with Crippen molar-refractivity contribution in [1.82, 2.24) is 0 Å². The quantitative estimate of drug-likeness (QED) is 0.117. The molecule has 1 aromatic rings. The molecule has 4 aliphatic rings. The SMILES string of the molecule is CCCCCC[C@H]1CC[C@H](C2(CC(c3ccccc3)C3([C@H]4CC[C@H](CCCCCC)CC4)CCCCC3)CCC(OC=O)CC2)CC1. The average Bonchev–Trinajstić information content (AvgIpc) is 3.13. The first kappa shape index (κ1) is 37.0. The Hall–Kier alpha value is -1.31. The molecule has 0 bridgehead atoms. The van der Waals surface area contributed by atoms with E-state index in [1.807, 2.05) is 0 Å². The van der Waals surface area contributed by atoms with Crippen LogP contribution in [0.5, 0.6) is 0 Å². The van der Waals surface area contributed by atoms with Crippen LogP contribution in [0, 0.1) is 34.5 Å². The van der Waals surface area contributed by atoms with Crippen molar-refractivity contribution in [2.24, 2.45) is 34.5 Å². The summed E-state index contributed by atoms with van der Waals surface area (Å²) in [6.07, 6.45) is 39.4. The van der Waals surface area contributed by atoms with Crippen LogP contribution in [0.1, 0.15) is 205 Å². The molecule has 0 radical (unpaired) electrons. The normalized spacial score (nSPS) is 32.0. The van der Waals surface area contributed by atoms with Gasteiger partial charge in [0.2, 0.25) is 0 Å². The van der Waals surface area contributed by atoms with Crippen molar-refractivity contribution in [1.29, 1.82) is 0 Å². The summed E-state index contributed by atoms with van der Waals surface area (Å²) in [6.45, 7) is 5.40. The summed E-state index contributed by atoms with van der Waals surface area (Å²) in [6, 6.07) is 12.0. The smallest absolute Gasteiger partial charge is 0.293 e. The van der Waals surface area contributed by atoms with E-state index in [0.29, 0.717) is 16.7 Å². The summed E-state index contributed by atoms with van der Waals surface area (Å²) in [5.41, 5.74) is 2.52. The van der Waals surface area contributed by atoms with Gasteiger partial charge in [0.05, 0.1) is 0 Å². The molecule has 0 saturated heterocycles. The summed E-state index contributed by atoms with van der Waals surface area (Å²) in [4.78, 5) is 11.4. The van der Waals surface area contributed by atoms with E-state index in [4.69, 9.17) is 4.74 Å². The van der Waals surface area contributed by atoms with E-state index >= 15 is 0 Å². The number of carbonyl (C=O) groups is 1. The largest absolute Gasteiger partial charge is 0.465 e. The third-order valence-electron chi connectivity index (χ3n) is 14.8. The molecular formula is C45H74O2. The van der Waals surface area contributed by atoms with E-state index in [9.17, 15) is 4.79 Å². The van der Waals surface area contributed by atoms with Gasteiger partial charge < -0.3 is 4.74 Å². The minimum Gasteiger partial charge on any atom is -0.465 e. The molecular weight excluding hydrogens is 572 g/mol. The summed E-state index contributed by atoms with van der Waals surface area (Å²) < 4.78 is 5.64. The van der Waals surface area contributed by atoms with E-state index in [1.165, 1.54) is 167 Å². The number of hydrogen-bond acceptors (Lipinski definition) is 2. The van der Waals surface area contributed by atoms with Crippen molar-refractivity contribution in [2.75, 3.05) is 0 Å². The molecule has 4 saturated carbocycles. The fourth-order valence-corrected chi connectivity index (χ4v) is 12.0. The second-order valence-electron chi connectivity index (χ2n) is 17.4. The maximum absolute atomic E-state index is 11.4. The van der Waals surface area contributed by atoms with Gasteiger partial charge in [0, 0.05) is 0 Å².